The molecule has 2 aromatic heterocycles. The summed E-state index contributed by atoms with van der Waals surface area (Å²) in [6, 6.07) is 2.31. The summed E-state index contributed by atoms with van der Waals surface area (Å²) in [4.78, 5) is 11.1. The first-order chi connectivity index (χ1) is 12.4. The van der Waals surface area contributed by atoms with Crippen molar-refractivity contribution in [1.29, 1.82) is 0 Å². The summed E-state index contributed by atoms with van der Waals surface area (Å²) in [6.45, 7) is 0.637. The summed E-state index contributed by atoms with van der Waals surface area (Å²) in [7, 11) is 0. The van der Waals surface area contributed by atoms with Gasteiger partial charge in [-0.25, -0.2) is 13.8 Å². The number of halogens is 2. The molecule has 0 spiro atoms. The van der Waals surface area contributed by atoms with Crippen LogP contribution in [0.15, 0.2) is 6.07 Å². The maximum Gasteiger partial charge on any atom is 0.245 e. The molecule has 4 atom stereocenters. The molecule has 4 saturated heterocycles. The normalized spacial score (nSPS) is 30.1. The first kappa shape index (κ1) is 16.3. The third-order valence-corrected chi connectivity index (χ3v) is 5.69. The monoisotopic (exact) mass is 365 g/mol. The summed E-state index contributed by atoms with van der Waals surface area (Å²) in [5, 5.41) is 14.0. The van der Waals surface area contributed by atoms with Gasteiger partial charge in [0.2, 0.25) is 11.9 Å². The van der Waals surface area contributed by atoms with Crippen molar-refractivity contribution in [2.75, 3.05) is 4.90 Å². The Kier molecular flexibility index (Phi) is 3.49. The molecule has 7 nitrogen and oxygen atoms in total. The van der Waals surface area contributed by atoms with Gasteiger partial charge in [0.1, 0.15) is 6.61 Å². The third-order valence-electron chi connectivity index (χ3n) is 5.69. The standard InChI is InChI=1S/C17H21F2N5O2/c1-17(18,19)3-2-9-4-15-20-14(8-25)21-16(24(15)22-9)23-10-5-11-7-12(23)13(6-10)26-11/h4,10-13,25H,2-3,5-8H2,1H3. The van der Waals surface area contributed by atoms with E-state index >= 15 is 0 Å². The molecule has 0 aliphatic carbocycles. The topological polar surface area (TPSA) is 75.8 Å². The van der Waals surface area contributed by atoms with Crippen LogP contribution in [-0.2, 0) is 17.8 Å². The zero-order valence-electron chi connectivity index (χ0n) is 14.5. The average Bonchev–Trinajstić information content (AvgIpc) is 3.20. The molecule has 6 heterocycles. The van der Waals surface area contributed by atoms with Crippen LogP contribution in [0, 0.1) is 0 Å². The van der Waals surface area contributed by atoms with Crippen LogP contribution in [0.25, 0.3) is 5.65 Å². The minimum Gasteiger partial charge on any atom is -0.388 e. The molecule has 26 heavy (non-hydrogen) atoms. The highest BCUT2D eigenvalue weighted by Crippen LogP contribution is 2.47. The molecule has 140 valence electrons. The second-order valence-corrected chi connectivity index (χ2v) is 7.71. The van der Waals surface area contributed by atoms with Crippen molar-refractivity contribution in [3.05, 3.63) is 17.6 Å². The Bertz CT molecular complexity index is 848. The minimum absolute atomic E-state index is 0.168. The van der Waals surface area contributed by atoms with Gasteiger partial charge in [0, 0.05) is 18.5 Å². The van der Waals surface area contributed by atoms with Crippen molar-refractivity contribution in [3.63, 3.8) is 0 Å². The number of rotatable bonds is 5. The maximum atomic E-state index is 13.2. The molecule has 2 aromatic rings. The smallest absolute Gasteiger partial charge is 0.245 e. The van der Waals surface area contributed by atoms with Crippen molar-refractivity contribution in [2.45, 2.75) is 75.8 Å². The molecule has 0 aromatic carbocycles. The summed E-state index contributed by atoms with van der Waals surface area (Å²) in [5.41, 5.74) is 1.09. The first-order valence-electron chi connectivity index (χ1n) is 9.09. The quantitative estimate of drug-likeness (QED) is 0.870. The van der Waals surface area contributed by atoms with Crippen LogP contribution in [0.4, 0.5) is 14.7 Å². The van der Waals surface area contributed by atoms with Crippen LogP contribution in [0.2, 0.25) is 0 Å². The van der Waals surface area contributed by atoms with E-state index in [-0.39, 0.29) is 31.6 Å². The van der Waals surface area contributed by atoms with Crippen molar-refractivity contribution in [3.8, 4) is 0 Å². The molecular formula is C17H21F2N5O2. The van der Waals surface area contributed by atoms with Crippen molar-refractivity contribution >= 4 is 11.6 Å². The van der Waals surface area contributed by atoms with Gasteiger partial charge in [-0.2, -0.15) is 14.6 Å². The fourth-order valence-corrected chi connectivity index (χ4v) is 4.62. The lowest BCUT2D eigenvalue weighted by molar-refractivity contribution is 0.0121. The van der Waals surface area contributed by atoms with Gasteiger partial charge < -0.3 is 14.7 Å². The minimum atomic E-state index is -2.73. The molecule has 6 rings (SSSR count). The molecule has 9 heteroatoms. The predicted octanol–water partition coefficient (Wildman–Crippen LogP) is 1.71. The molecule has 4 bridgehead atoms. The van der Waals surface area contributed by atoms with Gasteiger partial charge in [-0.3, -0.25) is 0 Å². The Morgan fingerprint density at radius 3 is 2.88 bits per heavy atom. The number of anilines is 1. The summed E-state index contributed by atoms with van der Waals surface area (Å²) in [6.07, 6.45) is 3.35. The van der Waals surface area contributed by atoms with E-state index in [9.17, 15) is 13.9 Å². The van der Waals surface area contributed by atoms with E-state index in [1.165, 1.54) is 0 Å². The summed E-state index contributed by atoms with van der Waals surface area (Å²) in [5.74, 6) is -1.78. The number of alkyl halides is 2. The lowest BCUT2D eigenvalue weighted by atomic mass is 10.0. The van der Waals surface area contributed by atoms with Crippen LogP contribution in [0.1, 0.15) is 44.1 Å². The van der Waals surface area contributed by atoms with E-state index in [2.05, 4.69) is 20.0 Å². The number of aryl methyl sites for hydroxylation is 1. The first-order valence-corrected chi connectivity index (χ1v) is 9.09. The van der Waals surface area contributed by atoms with Gasteiger partial charge in [0.15, 0.2) is 11.5 Å². The lowest BCUT2D eigenvalue weighted by Gasteiger charge is -2.35. The number of nitrogens with zero attached hydrogens (tertiary/aromatic N) is 5. The van der Waals surface area contributed by atoms with Gasteiger partial charge in [0.25, 0.3) is 0 Å². The molecule has 4 unspecified atom stereocenters. The molecular weight excluding hydrogens is 344 g/mol. The second kappa shape index (κ2) is 5.56. The van der Waals surface area contributed by atoms with E-state index in [0.29, 0.717) is 35.3 Å². The zero-order valence-corrected chi connectivity index (χ0v) is 14.5. The number of aliphatic hydroxyl groups is 1. The Morgan fingerprint density at radius 1 is 1.31 bits per heavy atom. The highest BCUT2D eigenvalue weighted by molar-refractivity contribution is 5.50. The number of hydrogen-bond acceptors (Lipinski definition) is 6. The summed E-state index contributed by atoms with van der Waals surface area (Å²) >= 11 is 0. The second-order valence-electron chi connectivity index (χ2n) is 7.71. The van der Waals surface area contributed by atoms with Crippen molar-refractivity contribution < 1.29 is 18.6 Å². The van der Waals surface area contributed by atoms with Gasteiger partial charge >= 0.3 is 0 Å². The number of piperidine rings is 1. The number of hydrogen-bond donors (Lipinski definition) is 1. The number of aromatic nitrogens is 4. The predicted molar refractivity (Wildman–Crippen MR) is 88.2 cm³/mol. The highest BCUT2D eigenvalue weighted by Gasteiger charge is 2.55. The number of fused-ring (bicyclic) bond motifs is 1. The Labute approximate surface area is 149 Å². The van der Waals surface area contributed by atoms with Gasteiger partial charge in [-0.1, -0.05) is 0 Å². The fourth-order valence-electron chi connectivity index (χ4n) is 4.62. The molecule has 0 saturated carbocycles. The zero-order chi connectivity index (χ0) is 18.1. The van der Waals surface area contributed by atoms with Crippen LogP contribution in [0.3, 0.4) is 0 Å². The van der Waals surface area contributed by atoms with E-state index in [4.69, 9.17) is 4.74 Å². The van der Waals surface area contributed by atoms with E-state index in [1.54, 1.807) is 10.6 Å². The number of ether oxygens (including phenoxy) is 1. The lowest BCUT2D eigenvalue weighted by Crippen LogP contribution is -2.44. The van der Waals surface area contributed by atoms with Gasteiger partial charge in [-0.05, 0) is 32.6 Å². The molecule has 4 aliphatic heterocycles. The van der Waals surface area contributed by atoms with Crippen LogP contribution in [0.5, 0.6) is 0 Å². The highest BCUT2D eigenvalue weighted by atomic mass is 19.3. The van der Waals surface area contributed by atoms with Crippen molar-refractivity contribution in [1.82, 2.24) is 19.6 Å². The largest absolute Gasteiger partial charge is 0.388 e. The Morgan fingerprint density at radius 2 is 2.15 bits per heavy atom. The third kappa shape index (κ3) is 2.56. The molecule has 4 aliphatic rings. The Hall–Kier alpha value is -1.87. The molecule has 1 N–H and O–H groups in total. The molecule has 4 fully saturated rings. The van der Waals surface area contributed by atoms with Crippen LogP contribution < -0.4 is 4.90 Å². The van der Waals surface area contributed by atoms with Gasteiger partial charge in [-0.15, -0.1) is 0 Å². The Balaban J connectivity index is 1.55. The fraction of sp³-hybridized carbons (Fsp3) is 0.706. The van der Waals surface area contributed by atoms with E-state index < -0.39 is 5.92 Å². The molecule has 0 radical (unpaired) electrons. The van der Waals surface area contributed by atoms with E-state index in [1.807, 2.05) is 0 Å². The van der Waals surface area contributed by atoms with Crippen LogP contribution >= 0.6 is 0 Å². The average molecular weight is 365 g/mol. The van der Waals surface area contributed by atoms with Crippen LogP contribution in [-0.4, -0.2) is 54.9 Å². The van der Waals surface area contributed by atoms with E-state index in [0.717, 1.165) is 26.2 Å². The van der Waals surface area contributed by atoms with Crippen molar-refractivity contribution in [2.24, 2.45) is 0 Å². The van der Waals surface area contributed by atoms with Gasteiger partial charge in [0.05, 0.1) is 23.9 Å². The number of aliphatic hydroxyl groups excluding tert-OH is 1. The summed E-state index contributed by atoms with van der Waals surface area (Å²) < 4.78 is 34.0. The SMILES string of the molecule is CC(F)(F)CCc1cc2nc(CO)nc(N3C4CC5CC3C(C4)O5)n2n1. The molecule has 0 amide bonds. The maximum absolute atomic E-state index is 13.2.